The summed E-state index contributed by atoms with van der Waals surface area (Å²) < 4.78 is 1.88. The van der Waals surface area contributed by atoms with Crippen molar-refractivity contribution in [1.82, 2.24) is 9.78 Å². The molecule has 1 aliphatic carbocycles. The van der Waals surface area contributed by atoms with Crippen LogP contribution in [-0.4, -0.2) is 21.8 Å². The molecule has 0 N–H and O–H groups in total. The molecule has 1 fully saturated rings. The fraction of sp³-hybridized carbons (Fsp3) is 0.444. The normalized spacial score (nSPS) is 28.1. The van der Waals surface area contributed by atoms with Gasteiger partial charge in [0, 0.05) is 25.1 Å². The number of aromatic nitrogens is 2. The van der Waals surface area contributed by atoms with Crippen LogP contribution in [0.25, 0.3) is 0 Å². The molecule has 0 spiro atoms. The first-order chi connectivity index (χ1) is 6.25. The van der Waals surface area contributed by atoms with Gasteiger partial charge in [-0.25, -0.2) is 9.67 Å². The van der Waals surface area contributed by atoms with Gasteiger partial charge in [-0.1, -0.05) is 0 Å². The Morgan fingerprint density at radius 3 is 3.31 bits per heavy atom. The van der Waals surface area contributed by atoms with Crippen molar-refractivity contribution in [3.05, 3.63) is 11.8 Å². The summed E-state index contributed by atoms with van der Waals surface area (Å²) in [7, 11) is 0. The number of carbonyl (C=O) groups is 1. The second-order valence-corrected chi connectivity index (χ2v) is 3.63. The maximum absolute atomic E-state index is 11.1. The van der Waals surface area contributed by atoms with E-state index < -0.39 is 0 Å². The first-order valence-corrected chi connectivity index (χ1v) is 4.40. The third-order valence-electron chi connectivity index (χ3n) is 2.59. The summed E-state index contributed by atoms with van der Waals surface area (Å²) in [5.41, 5.74) is 0.528. The molecular weight excluding hydrogens is 166 g/mol. The van der Waals surface area contributed by atoms with E-state index >= 15 is 0 Å². The van der Waals surface area contributed by atoms with Crippen LogP contribution in [0.4, 0.5) is 5.82 Å². The zero-order valence-electron chi connectivity index (χ0n) is 7.27. The predicted molar refractivity (Wildman–Crippen MR) is 47.5 cm³/mol. The number of rotatable bonds is 1. The fourth-order valence-corrected chi connectivity index (χ4v) is 1.71. The Bertz CT molecular complexity index is 418. The van der Waals surface area contributed by atoms with Crippen LogP contribution in [0.2, 0.25) is 0 Å². The number of nitrogens with zero attached hydrogens (tertiary/aromatic N) is 3. The monoisotopic (exact) mass is 175 g/mol. The lowest BCUT2D eigenvalue weighted by molar-refractivity contribution is 0.101. The van der Waals surface area contributed by atoms with Gasteiger partial charge in [-0.05, 0) is 6.42 Å². The lowest BCUT2D eigenvalue weighted by Crippen LogP contribution is -2.04. The van der Waals surface area contributed by atoms with Gasteiger partial charge in [0.2, 0.25) is 0 Å². The van der Waals surface area contributed by atoms with E-state index in [1.165, 1.54) is 6.92 Å². The average molecular weight is 175 g/mol. The highest BCUT2D eigenvalue weighted by atomic mass is 16.1. The topological polar surface area (TPSA) is 47.2 Å². The molecule has 2 heterocycles. The number of carbonyl (C=O) groups excluding carboxylic acids is 1. The zero-order chi connectivity index (χ0) is 9.00. The number of hydrogen-bond donors (Lipinski definition) is 0. The highest BCUT2D eigenvalue weighted by Gasteiger charge is 2.42. The van der Waals surface area contributed by atoms with Crippen molar-refractivity contribution in [3.63, 3.8) is 0 Å². The molecule has 66 valence electrons. The van der Waals surface area contributed by atoms with Crippen LogP contribution in [0.3, 0.4) is 0 Å². The Morgan fingerprint density at radius 2 is 2.54 bits per heavy atom. The number of ketones is 1. The third kappa shape index (κ3) is 0.883. The van der Waals surface area contributed by atoms with Crippen molar-refractivity contribution < 1.29 is 4.79 Å². The van der Waals surface area contributed by atoms with Crippen molar-refractivity contribution in [2.24, 2.45) is 10.9 Å². The lowest BCUT2D eigenvalue weighted by atomic mass is 10.3. The first kappa shape index (κ1) is 7.00. The summed E-state index contributed by atoms with van der Waals surface area (Å²) in [4.78, 5) is 15.3. The second-order valence-electron chi connectivity index (χ2n) is 3.63. The van der Waals surface area contributed by atoms with E-state index in [2.05, 4.69) is 10.1 Å². The molecule has 2 unspecified atom stereocenters. The van der Waals surface area contributed by atoms with Gasteiger partial charge in [0.1, 0.15) is 5.69 Å². The molecule has 0 bridgehead atoms. The van der Waals surface area contributed by atoms with E-state index in [9.17, 15) is 4.79 Å². The van der Waals surface area contributed by atoms with E-state index in [4.69, 9.17) is 0 Å². The Balaban J connectivity index is 2.13. The molecule has 1 saturated carbocycles. The molecule has 2 aliphatic rings. The SMILES string of the molecule is CC(=O)c1cc2n(n1)C1CC1C=N2. The Hall–Kier alpha value is -1.45. The van der Waals surface area contributed by atoms with Crippen molar-refractivity contribution in [2.75, 3.05) is 0 Å². The summed E-state index contributed by atoms with van der Waals surface area (Å²) in [6, 6.07) is 2.23. The first-order valence-electron chi connectivity index (χ1n) is 4.40. The average Bonchev–Trinajstić information content (AvgIpc) is 2.76. The minimum Gasteiger partial charge on any atom is -0.293 e. The molecule has 0 aromatic carbocycles. The van der Waals surface area contributed by atoms with Crippen LogP contribution in [-0.2, 0) is 0 Å². The van der Waals surface area contributed by atoms with Gasteiger partial charge in [0.15, 0.2) is 11.6 Å². The van der Waals surface area contributed by atoms with Gasteiger partial charge in [-0.2, -0.15) is 5.10 Å². The smallest absolute Gasteiger partial charge is 0.180 e. The third-order valence-corrected chi connectivity index (χ3v) is 2.59. The molecule has 2 atom stereocenters. The minimum atomic E-state index is 0.00861. The van der Waals surface area contributed by atoms with Gasteiger partial charge in [0.05, 0.1) is 6.04 Å². The molecule has 1 aromatic heterocycles. The van der Waals surface area contributed by atoms with E-state index in [0.29, 0.717) is 17.7 Å². The summed E-state index contributed by atoms with van der Waals surface area (Å²) in [5.74, 6) is 1.39. The van der Waals surface area contributed by atoms with Gasteiger partial charge in [-0.15, -0.1) is 0 Å². The summed E-state index contributed by atoms with van der Waals surface area (Å²) in [6.07, 6.45) is 3.08. The lowest BCUT2D eigenvalue weighted by Gasteiger charge is -2.04. The van der Waals surface area contributed by atoms with Crippen LogP contribution in [0, 0.1) is 5.92 Å². The van der Waals surface area contributed by atoms with Gasteiger partial charge < -0.3 is 0 Å². The molecule has 13 heavy (non-hydrogen) atoms. The van der Waals surface area contributed by atoms with Gasteiger partial charge in [0.25, 0.3) is 0 Å². The largest absolute Gasteiger partial charge is 0.293 e. The van der Waals surface area contributed by atoms with Gasteiger partial charge in [-0.3, -0.25) is 4.79 Å². The quantitative estimate of drug-likeness (QED) is 0.605. The maximum Gasteiger partial charge on any atom is 0.180 e. The maximum atomic E-state index is 11.1. The van der Waals surface area contributed by atoms with Crippen LogP contribution < -0.4 is 0 Å². The van der Waals surface area contributed by atoms with Crippen LogP contribution >= 0.6 is 0 Å². The molecule has 3 rings (SSSR count). The van der Waals surface area contributed by atoms with Crippen molar-refractivity contribution in [1.29, 1.82) is 0 Å². The summed E-state index contributed by atoms with van der Waals surface area (Å²) >= 11 is 0. The number of fused-ring (bicyclic) bond motifs is 3. The summed E-state index contributed by atoms with van der Waals surface area (Å²) in [6.45, 7) is 1.53. The van der Waals surface area contributed by atoms with E-state index in [-0.39, 0.29) is 5.78 Å². The zero-order valence-corrected chi connectivity index (χ0v) is 7.27. The Kier molecular flexibility index (Phi) is 1.12. The molecule has 4 heteroatoms. The van der Waals surface area contributed by atoms with E-state index in [0.717, 1.165) is 12.2 Å². The van der Waals surface area contributed by atoms with Crippen molar-refractivity contribution in [3.8, 4) is 0 Å². The van der Waals surface area contributed by atoms with E-state index in [1.807, 2.05) is 10.9 Å². The van der Waals surface area contributed by atoms with Gasteiger partial charge >= 0.3 is 0 Å². The Morgan fingerprint density at radius 1 is 1.69 bits per heavy atom. The molecule has 0 radical (unpaired) electrons. The minimum absolute atomic E-state index is 0.00861. The fourth-order valence-electron chi connectivity index (χ4n) is 1.71. The molecule has 4 nitrogen and oxygen atoms in total. The number of hydrogen-bond acceptors (Lipinski definition) is 3. The molecule has 0 amide bonds. The highest BCUT2D eigenvalue weighted by molar-refractivity contribution is 5.93. The molecular formula is C9H9N3O. The predicted octanol–water partition coefficient (Wildman–Crippen LogP) is 1.36. The number of Topliss-reactive ketones (excluding diaryl/α,β-unsaturated/α-hetero) is 1. The van der Waals surface area contributed by atoms with Crippen LogP contribution in [0.15, 0.2) is 11.1 Å². The van der Waals surface area contributed by atoms with E-state index in [1.54, 1.807) is 6.07 Å². The standard InChI is InChI=1S/C9H9N3O/c1-5(13)7-3-9-10-4-6-2-8(6)12(9)11-7/h3-4,6,8H,2H2,1H3. The van der Waals surface area contributed by atoms with Crippen molar-refractivity contribution in [2.45, 2.75) is 19.4 Å². The van der Waals surface area contributed by atoms with Crippen LogP contribution in [0.5, 0.6) is 0 Å². The molecule has 0 saturated heterocycles. The highest BCUT2D eigenvalue weighted by Crippen LogP contribution is 2.46. The van der Waals surface area contributed by atoms with Crippen molar-refractivity contribution >= 4 is 17.8 Å². The molecule has 1 aliphatic heterocycles. The number of aliphatic imine (C=N–C) groups is 1. The second kappa shape index (κ2) is 2.07. The Labute approximate surface area is 75.3 Å². The summed E-state index contributed by atoms with van der Waals surface area (Å²) in [5, 5.41) is 4.23. The molecule has 1 aromatic rings. The van der Waals surface area contributed by atoms with Crippen LogP contribution in [0.1, 0.15) is 29.9 Å².